The summed E-state index contributed by atoms with van der Waals surface area (Å²) in [6, 6.07) is 4.05. The van der Waals surface area contributed by atoms with E-state index in [4.69, 9.17) is 0 Å². The second-order valence-corrected chi connectivity index (χ2v) is 4.22. The van der Waals surface area contributed by atoms with Crippen molar-refractivity contribution in [2.24, 2.45) is 7.05 Å². The smallest absolute Gasteiger partial charge is 0.261 e. The van der Waals surface area contributed by atoms with Crippen molar-refractivity contribution in [3.8, 4) is 11.4 Å². The summed E-state index contributed by atoms with van der Waals surface area (Å²) in [7, 11) is 2.04. The number of halogens is 1. The van der Waals surface area contributed by atoms with Gasteiger partial charge in [0.15, 0.2) is 0 Å². The van der Waals surface area contributed by atoms with Crippen LogP contribution in [0.1, 0.15) is 5.69 Å². The van der Waals surface area contributed by atoms with Gasteiger partial charge in [-0.1, -0.05) is 0 Å². The van der Waals surface area contributed by atoms with Gasteiger partial charge in [-0.15, -0.1) is 0 Å². The Hall–Kier alpha value is -0.910. The highest BCUT2D eigenvalue weighted by molar-refractivity contribution is 14.1. The first kappa shape index (κ1) is 9.64. The van der Waals surface area contributed by atoms with Crippen molar-refractivity contribution in [3.63, 3.8) is 0 Å². The third-order valence-electron chi connectivity index (χ3n) is 2.21. The van der Waals surface area contributed by atoms with E-state index in [1.807, 2.05) is 38.6 Å². The molecule has 0 aliphatic heterocycles. The topological polar surface area (TPSA) is 21.7 Å². The summed E-state index contributed by atoms with van der Waals surface area (Å²) in [5.41, 5.74) is 2.23. The molecule has 3 nitrogen and oxygen atoms in total. The standard InChI is InChI=1S/C10H11IN3/c1-8-9(4-3-5-12-8)10-13(2)6-7-14(10)11/h3-7H,1-2H3/q+1. The fourth-order valence-corrected chi connectivity index (χ4v) is 2.22. The Balaban J connectivity index is 2.66. The van der Waals surface area contributed by atoms with Gasteiger partial charge in [0, 0.05) is 6.20 Å². The normalized spacial score (nSPS) is 10.5. The highest BCUT2D eigenvalue weighted by atomic mass is 127. The fourth-order valence-electron chi connectivity index (χ4n) is 1.48. The average molecular weight is 300 g/mol. The van der Waals surface area contributed by atoms with E-state index in [0.29, 0.717) is 0 Å². The van der Waals surface area contributed by atoms with Gasteiger partial charge in [-0.2, -0.15) is 2.78 Å². The molecule has 2 rings (SSSR count). The van der Waals surface area contributed by atoms with Crippen molar-refractivity contribution in [1.82, 2.24) is 7.76 Å². The SMILES string of the molecule is Cc1ncccc1-c1n(I)cc[n+]1C. The maximum absolute atomic E-state index is 4.29. The number of pyridine rings is 1. The van der Waals surface area contributed by atoms with E-state index in [-0.39, 0.29) is 0 Å². The monoisotopic (exact) mass is 300 g/mol. The largest absolute Gasteiger partial charge is 0.299 e. The number of aromatic nitrogens is 3. The van der Waals surface area contributed by atoms with E-state index in [9.17, 15) is 0 Å². The van der Waals surface area contributed by atoms with Crippen LogP contribution in [0.4, 0.5) is 0 Å². The number of hydrogen-bond acceptors (Lipinski definition) is 1. The highest BCUT2D eigenvalue weighted by Crippen LogP contribution is 2.19. The summed E-state index contributed by atoms with van der Waals surface area (Å²) in [6.07, 6.45) is 5.88. The quantitative estimate of drug-likeness (QED) is 0.582. The molecule has 0 unspecified atom stereocenters. The van der Waals surface area contributed by atoms with E-state index in [1.165, 1.54) is 5.56 Å². The molecule has 0 fully saturated rings. The lowest BCUT2D eigenvalue weighted by Gasteiger charge is -2.00. The molecule has 0 aliphatic carbocycles. The second kappa shape index (κ2) is 3.68. The number of aryl methyl sites for hydroxylation is 2. The lowest BCUT2D eigenvalue weighted by molar-refractivity contribution is -0.659. The molecule has 4 heteroatoms. The minimum Gasteiger partial charge on any atom is -0.261 e. The first-order valence-corrected chi connectivity index (χ1v) is 5.32. The summed E-state index contributed by atoms with van der Waals surface area (Å²) >= 11 is 2.27. The van der Waals surface area contributed by atoms with Gasteiger partial charge in [-0.25, -0.2) is 4.57 Å². The molecule has 2 aromatic heterocycles. The predicted molar refractivity (Wildman–Crippen MR) is 63.0 cm³/mol. The molecular weight excluding hydrogens is 289 g/mol. The zero-order chi connectivity index (χ0) is 10.1. The van der Waals surface area contributed by atoms with E-state index >= 15 is 0 Å². The Morgan fingerprint density at radius 2 is 2.29 bits per heavy atom. The fraction of sp³-hybridized carbons (Fsp3) is 0.200. The molecular formula is C10H11IN3+. The maximum Gasteiger partial charge on any atom is 0.299 e. The minimum absolute atomic E-state index is 1.06. The van der Waals surface area contributed by atoms with Crippen molar-refractivity contribution >= 4 is 22.9 Å². The average Bonchev–Trinajstić information content (AvgIpc) is 2.48. The zero-order valence-corrected chi connectivity index (χ0v) is 10.3. The summed E-state index contributed by atoms with van der Waals surface area (Å²) in [5, 5.41) is 0. The van der Waals surface area contributed by atoms with Crippen LogP contribution in [0.5, 0.6) is 0 Å². The molecule has 2 aromatic rings. The molecule has 0 radical (unpaired) electrons. The Morgan fingerprint density at radius 3 is 2.86 bits per heavy atom. The molecule has 0 bridgehead atoms. The van der Waals surface area contributed by atoms with Gasteiger partial charge in [0.05, 0.1) is 18.3 Å². The molecule has 14 heavy (non-hydrogen) atoms. The molecule has 0 atom stereocenters. The molecule has 0 saturated heterocycles. The van der Waals surface area contributed by atoms with Crippen LogP contribution in [0.3, 0.4) is 0 Å². The molecule has 0 amide bonds. The van der Waals surface area contributed by atoms with E-state index < -0.39 is 0 Å². The van der Waals surface area contributed by atoms with Gasteiger partial charge < -0.3 is 0 Å². The summed E-state index contributed by atoms with van der Waals surface area (Å²) in [6.45, 7) is 2.03. The van der Waals surface area contributed by atoms with Crippen molar-refractivity contribution in [2.45, 2.75) is 6.92 Å². The third kappa shape index (κ3) is 1.54. The van der Waals surface area contributed by atoms with Crippen molar-refractivity contribution in [2.75, 3.05) is 0 Å². The maximum atomic E-state index is 4.29. The van der Waals surface area contributed by atoms with Gasteiger partial charge in [0.1, 0.15) is 12.4 Å². The first-order chi connectivity index (χ1) is 6.70. The lowest BCUT2D eigenvalue weighted by atomic mass is 10.2. The minimum atomic E-state index is 1.06. The van der Waals surface area contributed by atoms with Gasteiger partial charge in [-0.3, -0.25) is 4.98 Å². The van der Waals surface area contributed by atoms with Gasteiger partial charge in [-0.05, 0) is 19.1 Å². The lowest BCUT2D eigenvalue weighted by Crippen LogP contribution is -2.28. The van der Waals surface area contributed by atoms with Crippen LogP contribution in [0.15, 0.2) is 30.7 Å². The third-order valence-corrected chi connectivity index (χ3v) is 2.98. The Morgan fingerprint density at radius 1 is 1.50 bits per heavy atom. The Kier molecular flexibility index (Phi) is 2.54. The Labute approximate surface area is 96.9 Å². The zero-order valence-electron chi connectivity index (χ0n) is 8.11. The van der Waals surface area contributed by atoms with Gasteiger partial charge >= 0.3 is 0 Å². The van der Waals surface area contributed by atoms with E-state index in [0.717, 1.165) is 11.5 Å². The van der Waals surface area contributed by atoms with Gasteiger partial charge in [0.25, 0.3) is 5.82 Å². The molecule has 0 saturated carbocycles. The van der Waals surface area contributed by atoms with Crippen molar-refractivity contribution in [1.29, 1.82) is 0 Å². The highest BCUT2D eigenvalue weighted by Gasteiger charge is 2.17. The summed E-state index contributed by atoms with van der Waals surface area (Å²) < 4.78 is 4.16. The van der Waals surface area contributed by atoms with Crippen molar-refractivity contribution < 1.29 is 4.57 Å². The molecule has 0 aromatic carbocycles. The van der Waals surface area contributed by atoms with Gasteiger partial charge in [0.2, 0.25) is 22.9 Å². The number of hydrogen-bond donors (Lipinski definition) is 0. The van der Waals surface area contributed by atoms with Crippen LogP contribution in [0, 0.1) is 6.92 Å². The molecule has 0 spiro atoms. The first-order valence-electron chi connectivity index (χ1n) is 4.35. The number of nitrogens with zero attached hydrogens (tertiary/aromatic N) is 3. The van der Waals surface area contributed by atoms with Crippen LogP contribution < -0.4 is 4.57 Å². The van der Waals surface area contributed by atoms with Crippen LogP contribution in [0.2, 0.25) is 0 Å². The van der Waals surface area contributed by atoms with Crippen molar-refractivity contribution in [3.05, 3.63) is 36.4 Å². The van der Waals surface area contributed by atoms with Crippen LogP contribution in [0.25, 0.3) is 11.4 Å². The van der Waals surface area contributed by atoms with Crippen LogP contribution >= 0.6 is 22.9 Å². The summed E-state index contributed by atoms with van der Waals surface area (Å²) in [4.78, 5) is 4.29. The second-order valence-electron chi connectivity index (χ2n) is 3.18. The predicted octanol–water partition coefficient (Wildman–Crippen LogP) is 1.88. The van der Waals surface area contributed by atoms with Crippen LogP contribution in [-0.4, -0.2) is 7.76 Å². The summed E-state index contributed by atoms with van der Waals surface area (Å²) in [5.74, 6) is 1.16. The number of rotatable bonds is 1. The molecule has 0 aliphatic rings. The molecule has 72 valence electrons. The van der Waals surface area contributed by atoms with E-state index in [2.05, 4.69) is 41.3 Å². The molecule has 0 N–H and O–H groups in total. The number of imidazole rings is 1. The Bertz CT molecular complexity index is 443. The van der Waals surface area contributed by atoms with E-state index in [1.54, 1.807) is 0 Å². The van der Waals surface area contributed by atoms with Crippen LogP contribution in [-0.2, 0) is 7.05 Å². The molecule has 2 heterocycles.